The quantitative estimate of drug-likeness (QED) is 0.683. The van der Waals surface area contributed by atoms with E-state index in [1.54, 1.807) is 24.3 Å². The molecule has 0 atom stereocenters. The molecule has 7 nitrogen and oxygen atoms in total. The summed E-state index contributed by atoms with van der Waals surface area (Å²) in [5.74, 6) is -0.321. The average Bonchev–Trinajstić information content (AvgIpc) is 2.81. The van der Waals surface area contributed by atoms with Gasteiger partial charge in [0.15, 0.2) is 5.69 Å². The van der Waals surface area contributed by atoms with Gasteiger partial charge in [-0.3, -0.25) is 9.89 Å². The molecular weight excluding hydrogens is 338 g/mol. The molecule has 0 unspecified atom stereocenters. The van der Waals surface area contributed by atoms with Crippen molar-refractivity contribution in [2.75, 3.05) is 17.7 Å². The minimum atomic E-state index is -0.321. The van der Waals surface area contributed by atoms with Crippen molar-refractivity contribution < 1.29 is 9.59 Å². The Bertz CT molecular complexity index is 666. The minimum Gasteiger partial charge on any atom is -0.341 e. The zero-order valence-corrected chi connectivity index (χ0v) is 13.0. The molecule has 2 aromatic rings. The lowest BCUT2D eigenvalue weighted by atomic mass is 10.2. The molecule has 0 spiro atoms. The Kier molecular flexibility index (Phi) is 4.59. The predicted molar refractivity (Wildman–Crippen MR) is 83.5 cm³/mol. The van der Waals surface area contributed by atoms with E-state index in [1.165, 1.54) is 7.05 Å². The van der Waals surface area contributed by atoms with Crippen LogP contribution in [0.3, 0.4) is 0 Å². The van der Waals surface area contributed by atoms with Crippen LogP contribution in [0.25, 0.3) is 0 Å². The molecule has 110 valence electrons. The first-order valence-electron chi connectivity index (χ1n) is 6.12. The number of halogens is 1. The molecule has 8 heteroatoms. The van der Waals surface area contributed by atoms with Crippen LogP contribution in [0, 0.1) is 6.92 Å². The molecule has 0 aliphatic carbocycles. The molecule has 0 aliphatic heterocycles. The lowest BCUT2D eigenvalue weighted by Crippen LogP contribution is -2.24. The number of hydrogen-bond donors (Lipinski definition) is 4. The monoisotopic (exact) mass is 351 g/mol. The van der Waals surface area contributed by atoms with E-state index in [-0.39, 0.29) is 11.9 Å². The molecule has 3 amide bonds. The van der Waals surface area contributed by atoms with Gasteiger partial charge in [-0.15, -0.1) is 0 Å². The van der Waals surface area contributed by atoms with Gasteiger partial charge in [0.05, 0.1) is 4.47 Å². The Morgan fingerprint density at radius 1 is 1.14 bits per heavy atom. The van der Waals surface area contributed by atoms with Gasteiger partial charge >= 0.3 is 6.03 Å². The smallest absolute Gasteiger partial charge is 0.318 e. The normalized spacial score (nSPS) is 10.0. The van der Waals surface area contributed by atoms with Crippen molar-refractivity contribution in [1.82, 2.24) is 15.5 Å². The third kappa shape index (κ3) is 3.60. The Hall–Kier alpha value is -2.35. The molecule has 0 saturated carbocycles. The number of aromatic amines is 1. The van der Waals surface area contributed by atoms with Crippen LogP contribution in [0.4, 0.5) is 16.2 Å². The van der Waals surface area contributed by atoms with Crippen molar-refractivity contribution in [3.8, 4) is 0 Å². The number of benzene rings is 1. The maximum absolute atomic E-state index is 12.1. The van der Waals surface area contributed by atoms with Gasteiger partial charge < -0.3 is 16.0 Å². The molecule has 4 N–H and O–H groups in total. The van der Waals surface area contributed by atoms with Gasteiger partial charge in [0.2, 0.25) is 0 Å². The second-order valence-electron chi connectivity index (χ2n) is 4.25. The summed E-state index contributed by atoms with van der Waals surface area (Å²) in [6, 6.07) is 6.46. The highest BCUT2D eigenvalue weighted by molar-refractivity contribution is 9.10. The van der Waals surface area contributed by atoms with Crippen LogP contribution in [-0.4, -0.2) is 29.2 Å². The third-order valence-corrected chi connectivity index (χ3v) is 3.69. The van der Waals surface area contributed by atoms with Crippen LogP contribution in [0.5, 0.6) is 0 Å². The van der Waals surface area contributed by atoms with E-state index in [2.05, 4.69) is 42.1 Å². The standard InChI is InChI=1S/C13H14BrN5O2/c1-7-10(14)11(19-18-7)12(20)16-8-3-5-9(6-4-8)17-13(21)15-2/h3-6H,1-2H3,(H,16,20)(H,18,19)(H2,15,17,21). The van der Waals surface area contributed by atoms with Crippen LogP contribution >= 0.6 is 15.9 Å². The van der Waals surface area contributed by atoms with E-state index < -0.39 is 0 Å². The van der Waals surface area contributed by atoms with Gasteiger partial charge in [-0.25, -0.2) is 4.79 Å². The van der Waals surface area contributed by atoms with Crippen molar-refractivity contribution in [3.63, 3.8) is 0 Å². The third-order valence-electron chi connectivity index (χ3n) is 2.72. The molecule has 0 fully saturated rings. The lowest BCUT2D eigenvalue weighted by Gasteiger charge is -2.07. The van der Waals surface area contributed by atoms with Gasteiger partial charge in [-0.05, 0) is 47.1 Å². The number of hydrogen-bond acceptors (Lipinski definition) is 3. The highest BCUT2D eigenvalue weighted by Gasteiger charge is 2.15. The Morgan fingerprint density at radius 3 is 2.19 bits per heavy atom. The largest absolute Gasteiger partial charge is 0.341 e. The minimum absolute atomic E-state index is 0.292. The zero-order valence-electron chi connectivity index (χ0n) is 11.5. The van der Waals surface area contributed by atoms with Crippen molar-refractivity contribution >= 4 is 39.2 Å². The number of amides is 3. The molecule has 0 radical (unpaired) electrons. The van der Waals surface area contributed by atoms with E-state index in [1.807, 2.05) is 6.92 Å². The first-order chi connectivity index (χ1) is 10.0. The predicted octanol–water partition coefficient (Wildman–Crippen LogP) is 2.48. The fourth-order valence-electron chi connectivity index (χ4n) is 1.59. The number of aromatic nitrogens is 2. The Morgan fingerprint density at radius 2 is 1.71 bits per heavy atom. The second kappa shape index (κ2) is 6.40. The van der Waals surface area contributed by atoms with Crippen LogP contribution in [0.1, 0.15) is 16.2 Å². The molecule has 1 aromatic carbocycles. The topological polar surface area (TPSA) is 98.9 Å². The van der Waals surface area contributed by atoms with Gasteiger partial charge in [0.25, 0.3) is 5.91 Å². The van der Waals surface area contributed by atoms with Crippen LogP contribution < -0.4 is 16.0 Å². The fraction of sp³-hybridized carbons (Fsp3) is 0.154. The summed E-state index contributed by atoms with van der Waals surface area (Å²) >= 11 is 3.30. The van der Waals surface area contributed by atoms with Crippen molar-refractivity contribution in [2.45, 2.75) is 6.92 Å². The number of carbonyl (C=O) groups is 2. The maximum Gasteiger partial charge on any atom is 0.318 e. The zero-order chi connectivity index (χ0) is 15.4. The van der Waals surface area contributed by atoms with Crippen molar-refractivity contribution in [1.29, 1.82) is 0 Å². The fourth-order valence-corrected chi connectivity index (χ4v) is 1.94. The summed E-state index contributed by atoms with van der Waals surface area (Å²) < 4.78 is 0.637. The van der Waals surface area contributed by atoms with Crippen molar-refractivity contribution in [2.24, 2.45) is 0 Å². The molecular formula is C13H14BrN5O2. The number of urea groups is 1. The molecule has 2 rings (SSSR count). The molecule has 0 bridgehead atoms. The van der Waals surface area contributed by atoms with E-state index in [9.17, 15) is 9.59 Å². The van der Waals surface area contributed by atoms with Crippen LogP contribution in [0.2, 0.25) is 0 Å². The number of carbonyl (C=O) groups excluding carboxylic acids is 2. The Labute approximate surface area is 129 Å². The first kappa shape index (κ1) is 15.0. The summed E-state index contributed by atoms with van der Waals surface area (Å²) in [5.41, 5.74) is 2.31. The summed E-state index contributed by atoms with van der Waals surface area (Å²) in [7, 11) is 1.54. The summed E-state index contributed by atoms with van der Waals surface area (Å²) in [4.78, 5) is 23.2. The van der Waals surface area contributed by atoms with Gasteiger partial charge in [-0.1, -0.05) is 0 Å². The molecule has 21 heavy (non-hydrogen) atoms. The number of aryl methyl sites for hydroxylation is 1. The van der Waals surface area contributed by atoms with Crippen molar-refractivity contribution in [3.05, 3.63) is 40.1 Å². The number of nitrogens with one attached hydrogen (secondary N) is 4. The SMILES string of the molecule is CNC(=O)Nc1ccc(NC(=O)c2n[nH]c(C)c2Br)cc1. The summed E-state index contributed by atoms with van der Waals surface area (Å²) in [6.07, 6.45) is 0. The van der Waals surface area contributed by atoms with E-state index in [0.717, 1.165) is 5.69 Å². The highest BCUT2D eigenvalue weighted by Crippen LogP contribution is 2.20. The Balaban J connectivity index is 2.05. The molecule has 1 aromatic heterocycles. The number of H-pyrrole nitrogens is 1. The average molecular weight is 352 g/mol. The van der Waals surface area contributed by atoms with E-state index in [0.29, 0.717) is 21.5 Å². The highest BCUT2D eigenvalue weighted by atomic mass is 79.9. The number of anilines is 2. The summed E-state index contributed by atoms with van der Waals surface area (Å²) in [5, 5.41) is 14.5. The lowest BCUT2D eigenvalue weighted by molar-refractivity contribution is 0.102. The van der Waals surface area contributed by atoms with E-state index in [4.69, 9.17) is 0 Å². The van der Waals surface area contributed by atoms with Crippen LogP contribution in [0.15, 0.2) is 28.7 Å². The maximum atomic E-state index is 12.1. The van der Waals surface area contributed by atoms with Gasteiger partial charge in [-0.2, -0.15) is 5.10 Å². The van der Waals surface area contributed by atoms with Gasteiger partial charge in [0, 0.05) is 24.1 Å². The molecule has 0 aliphatic rings. The second-order valence-corrected chi connectivity index (χ2v) is 5.04. The van der Waals surface area contributed by atoms with Gasteiger partial charge in [0.1, 0.15) is 0 Å². The molecule has 1 heterocycles. The molecule has 0 saturated heterocycles. The number of nitrogens with zero attached hydrogens (tertiary/aromatic N) is 1. The number of rotatable bonds is 3. The van der Waals surface area contributed by atoms with E-state index >= 15 is 0 Å². The first-order valence-corrected chi connectivity index (χ1v) is 6.91. The van der Waals surface area contributed by atoms with Crippen LogP contribution in [-0.2, 0) is 0 Å². The summed E-state index contributed by atoms with van der Waals surface area (Å²) in [6.45, 7) is 1.81.